The van der Waals surface area contributed by atoms with E-state index in [0.717, 1.165) is 31.2 Å². The fraction of sp³-hybridized carbons (Fsp3) is 0.286. The zero-order chi connectivity index (χ0) is 25.8. The second kappa shape index (κ2) is 10.7. The van der Waals surface area contributed by atoms with Crippen molar-refractivity contribution in [1.29, 1.82) is 0 Å². The molecule has 9 heteroatoms. The number of fused-ring (bicyclic) bond motifs is 1. The third kappa shape index (κ3) is 5.88. The molecule has 4 aromatic rings. The summed E-state index contributed by atoms with van der Waals surface area (Å²) in [4.78, 5) is 29.5. The monoisotopic (exact) mass is 499 g/mol. The predicted molar refractivity (Wildman–Crippen MR) is 140 cm³/mol. The molecule has 2 heterocycles. The van der Waals surface area contributed by atoms with Crippen LogP contribution in [0.2, 0.25) is 0 Å². The number of ether oxygens (including phenoxy) is 2. The number of hydrogen-bond donors (Lipinski definition) is 2. The van der Waals surface area contributed by atoms with E-state index in [1.54, 1.807) is 41.0 Å². The molecular formula is C28H29N5O4. The first kappa shape index (κ1) is 24.3. The van der Waals surface area contributed by atoms with Gasteiger partial charge in [0.15, 0.2) is 11.5 Å². The summed E-state index contributed by atoms with van der Waals surface area (Å²) < 4.78 is 13.4. The van der Waals surface area contributed by atoms with Crippen LogP contribution in [0.1, 0.15) is 48.5 Å². The maximum atomic E-state index is 13.1. The minimum atomic E-state index is -0.258. The number of imidazole rings is 1. The Hall–Kier alpha value is -4.40. The van der Waals surface area contributed by atoms with Crippen LogP contribution in [0.5, 0.6) is 17.4 Å². The van der Waals surface area contributed by atoms with Crippen molar-refractivity contribution in [1.82, 2.24) is 14.6 Å². The zero-order valence-corrected chi connectivity index (χ0v) is 20.9. The van der Waals surface area contributed by atoms with Crippen molar-refractivity contribution in [3.63, 3.8) is 0 Å². The molecule has 0 saturated heterocycles. The number of rotatable bonds is 10. The Morgan fingerprint density at radius 3 is 2.73 bits per heavy atom. The van der Waals surface area contributed by atoms with Gasteiger partial charge in [-0.2, -0.15) is 0 Å². The molecule has 2 aromatic heterocycles. The Kier molecular flexibility index (Phi) is 7.02. The molecule has 37 heavy (non-hydrogen) atoms. The van der Waals surface area contributed by atoms with E-state index in [2.05, 4.69) is 27.6 Å². The summed E-state index contributed by atoms with van der Waals surface area (Å²) >= 11 is 0. The fourth-order valence-corrected chi connectivity index (χ4v) is 3.77. The van der Waals surface area contributed by atoms with E-state index in [4.69, 9.17) is 9.47 Å². The second-order valence-electron chi connectivity index (χ2n) is 9.10. The smallest absolute Gasteiger partial charge is 0.259 e. The SMILES string of the molecule is CCCCOc1ccccc1C(=O)Nc1cc(Oc2ccc3nc(NC(=O)C4CC4)cn3n2)ccc1C. The Morgan fingerprint density at radius 1 is 1.08 bits per heavy atom. The Morgan fingerprint density at radius 2 is 1.92 bits per heavy atom. The molecule has 1 aliphatic rings. The van der Waals surface area contributed by atoms with E-state index in [1.165, 1.54) is 0 Å². The van der Waals surface area contributed by atoms with Gasteiger partial charge in [0, 0.05) is 23.7 Å². The summed E-state index contributed by atoms with van der Waals surface area (Å²) in [7, 11) is 0. The highest BCUT2D eigenvalue weighted by Crippen LogP contribution is 2.30. The third-order valence-electron chi connectivity index (χ3n) is 6.06. The summed E-state index contributed by atoms with van der Waals surface area (Å²) in [6, 6.07) is 16.1. The number of carbonyl (C=O) groups is 2. The lowest BCUT2D eigenvalue weighted by atomic mass is 10.1. The highest BCUT2D eigenvalue weighted by Gasteiger charge is 2.30. The van der Waals surface area contributed by atoms with Gasteiger partial charge in [0.1, 0.15) is 11.5 Å². The van der Waals surface area contributed by atoms with Gasteiger partial charge in [0.2, 0.25) is 11.8 Å². The normalized spacial score (nSPS) is 12.8. The molecule has 9 nitrogen and oxygen atoms in total. The van der Waals surface area contributed by atoms with Crippen molar-refractivity contribution >= 4 is 29.0 Å². The highest BCUT2D eigenvalue weighted by molar-refractivity contribution is 6.06. The molecule has 0 radical (unpaired) electrons. The molecule has 1 saturated carbocycles. The minimum absolute atomic E-state index is 0.00995. The second-order valence-corrected chi connectivity index (χ2v) is 9.10. The van der Waals surface area contributed by atoms with Crippen LogP contribution in [0.4, 0.5) is 11.5 Å². The lowest BCUT2D eigenvalue weighted by molar-refractivity contribution is -0.117. The summed E-state index contributed by atoms with van der Waals surface area (Å²) in [5, 5.41) is 10.2. The number of nitrogens with one attached hydrogen (secondary N) is 2. The largest absolute Gasteiger partial charge is 0.493 e. The van der Waals surface area contributed by atoms with Crippen LogP contribution < -0.4 is 20.1 Å². The number of carbonyl (C=O) groups excluding carboxylic acids is 2. The Balaban J connectivity index is 1.29. The van der Waals surface area contributed by atoms with Gasteiger partial charge in [-0.05, 0) is 56.0 Å². The van der Waals surface area contributed by atoms with Crippen molar-refractivity contribution in [3.8, 4) is 17.4 Å². The molecule has 190 valence electrons. The van der Waals surface area contributed by atoms with Crippen LogP contribution in [-0.4, -0.2) is 33.0 Å². The molecule has 2 aromatic carbocycles. The van der Waals surface area contributed by atoms with Crippen LogP contribution in [-0.2, 0) is 4.79 Å². The van der Waals surface area contributed by atoms with Gasteiger partial charge < -0.3 is 20.1 Å². The molecule has 0 bridgehead atoms. The first-order valence-corrected chi connectivity index (χ1v) is 12.5. The molecule has 0 aliphatic heterocycles. The van der Waals surface area contributed by atoms with E-state index in [9.17, 15) is 9.59 Å². The van der Waals surface area contributed by atoms with Gasteiger partial charge in [0.25, 0.3) is 5.91 Å². The van der Waals surface area contributed by atoms with Gasteiger partial charge >= 0.3 is 0 Å². The molecule has 2 N–H and O–H groups in total. The Labute approximate surface area is 214 Å². The molecule has 2 amide bonds. The lowest BCUT2D eigenvalue weighted by Gasteiger charge is -2.14. The van der Waals surface area contributed by atoms with Crippen LogP contribution in [0.3, 0.4) is 0 Å². The molecule has 1 fully saturated rings. The molecule has 0 atom stereocenters. The average molecular weight is 500 g/mol. The van der Waals surface area contributed by atoms with Crippen molar-refractivity contribution < 1.29 is 19.1 Å². The summed E-state index contributed by atoms with van der Waals surface area (Å²) in [5.41, 5.74) is 2.58. The van der Waals surface area contributed by atoms with Crippen LogP contribution in [0.25, 0.3) is 5.65 Å². The minimum Gasteiger partial charge on any atom is -0.493 e. The third-order valence-corrected chi connectivity index (χ3v) is 6.06. The number of aryl methyl sites for hydroxylation is 1. The van der Waals surface area contributed by atoms with Crippen molar-refractivity contribution in [2.24, 2.45) is 5.92 Å². The number of benzene rings is 2. The first-order chi connectivity index (χ1) is 18.0. The van der Waals surface area contributed by atoms with Gasteiger partial charge in [0.05, 0.1) is 18.4 Å². The topological polar surface area (TPSA) is 107 Å². The average Bonchev–Trinajstić information content (AvgIpc) is 3.67. The molecule has 5 rings (SSSR count). The Bertz CT molecular complexity index is 1440. The number of aromatic nitrogens is 3. The molecule has 1 aliphatic carbocycles. The summed E-state index contributed by atoms with van der Waals surface area (Å²) in [5.74, 6) is 1.71. The van der Waals surface area contributed by atoms with Gasteiger partial charge in [-0.1, -0.05) is 31.5 Å². The van der Waals surface area contributed by atoms with E-state index >= 15 is 0 Å². The van der Waals surface area contributed by atoms with Crippen LogP contribution >= 0.6 is 0 Å². The first-order valence-electron chi connectivity index (χ1n) is 12.5. The van der Waals surface area contributed by atoms with Crippen molar-refractivity contribution in [2.45, 2.75) is 39.5 Å². The van der Waals surface area contributed by atoms with Gasteiger partial charge in [-0.15, -0.1) is 5.10 Å². The fourth-order valence-electron chi connectivity index (χ4n) is 3.77. The molecular weight excluding hydrogens is 470 g/mol. The standard InChI is InChI=1S/C28H29N5O4/c1-3-4-15-36-23-8-6-5-7-21(23)28(35)29-22-16-20(12-9-18(22)2)37-26-14-13-25-30-24(17-33(25)32-26)31-27(34)19-10-11-19/h5-9,12-14,16-17,19H,3-4,10-11,15H2,1-2H3,(H,29,35)(H,31,34). The number of unbranched alkanes of at least 4 members (excludes halogenated alkanes) is 1. The van der Waals surface area contributed by atoms with Crippen molar-refractivity contribution in [3.05, 3.63) is 71.9 Å². The van der Waals surface area contributed by atoms with Crippen LogP contribution in [0.15, 0.2) is 60.8 Å². The maximum Gasteiger partial charge on any atom is 0.259 e. The summed E-state index contributed by atoms with van der Waals surface area (Å²) in [6.45, 7) is 4.57. The number of para-hydroxylation sites is 1. The summed E-state index contributed by atoms with van der Waals surface area (Å²) in [6.07, 6.45) is 5.44. The maximum absolute atomic E-state index is 13.1. The number of anilines is 2. The number of nitrogens with zero attached hydrogens (tertiary/aromatic N) is 3. The molecule has 0 spiro atoms. The highest BCUT2D eigenvalue weighted by atomic mass is 16.5. The zero-order valence-electron chi connectivity index (χ0n) is 20.9. The van der Waals surface area contributed by atoms with E-state index < -0.39 is 0 Å². The number of hydrogen-bond acceptors (Lipinski definition) is 6. The lowest BCUT2D eigenvalue weighted by Crippen LogP contribution is -2.14. The number of amides is 2. The van der Waals surface area contributed by atoms with E-state index in [0.29, 0.717) is 46.7 Å². The van der Waals surface area contributed by atoms with Gasteiger partial charge in [-0.3, -0.25) is 9.59 Å². The molecule has 0 unspecified atom stereocenters. The predicted octanol–water partition coefficient (Wildman–Crippen LogP) is 5.61. The van der Waals surface area contributed by atoms with Crippen LogP contribution in [0, 0.1) is 12.8 Å². The quantitative estimate of drug-likeness (QED) is 0.275. The van der Waals surface area contributed by atoms with Crippen molar-refractivity contribution in [2.75, 3.05) is 17.2 Å². The van der Waals surface area contributed by atoms with E-state index in [1.807, 2.05) is 31.2 Å². The van der Waals surface area contributed by atoms with Gasteiger partial charge in [-0.25, -0.2) is 9.50 Å². The van der Waals surface area contributed by atoms with E-state index in [-0.39, 0.29) is 17.7 Å².